The zero-order valence-corrected chi connectivity index (χ0v) is 28.6. The van der Waals surface area contributed by atoms with E-state index < -0.39 is 11.8 Å². The molecule has 0 bridgehead atoms. The predicted molar refractivity (Wildman–Crippen MR) is 187 cm³/mol. The van der Waals surface area contributed by atoms with Gasteiger partial charge in [0.05, 0.1) is 29.9 Å². The Bertz CT molecular complexity index is 2080. The van der Waals surface area contributed by atoms with Crippen LogP contribution in [0.1, 0.15) is 86.1 Å². The van der Waals surface area contributed by atoms with Gasteiger partial charge in [-0.15, -0.1) is 0 Å². The molecule has 7 nitrogen and oxygen atoms in total. The molecule has 244 valence electrons. The number of ketones is 2. The minimum Gasteiger partial charge on any atom is -0.454 e. The van der Waals surface area contributed by atoms with Gasteiger partial charge in [0.25, 0.3) is 11.8 Å². The van der Waals surface area contributed by atoms with E-state index in [0.29, 0.717) is 28.0 Å². The summed E-state index contributed by atoms with van der Waals surface area (Å²) in [7, 11) is 0. The van der Waals surface area contributed by atoms with E-state index >= 15 is 0 Å². The van der Waals surface area contributed by atoms with Gasteiger partial charge in [0.2, 0.25) is 0 Å². The van der Waals surface area contributed by atoms with Gasteiger partial charge in [-0.25, -0.2) is 0 Å². The lowest BCUT2D eigenvalue weighted by atomic mass is 9.80. The van der Waals surface area contributed by atoms with Crippen molar-refractivity contribution in [1.29, 1.82) is 0 Å². The number of benzene rings is 3. The fourth-order valence-electron chi connectivity index (χ4n) is 6.38. The van der Waals surface area contributed by atoms with Crippen molar-refractivity contribution in [3.05, 3.63) is 136 Å². The molecule has 0 fully saturated rings. The Balaban J connectivity index is 1.57. The molecule has 0 spiro atoms. The fourth-order valence-corrected chi connectivity index (χ4v) is 6.38. The van der Waals surface area contributed by atoms with Crippen molar-refractivity contribution in [3.63, 3.8) is 0 Å². The number of hydrogen-bond acceptors (Lipinski definition) is 5. The summed E-state index contributed by atoms with van der Waals surface area (Å²) in [6, 6.07) is 23.5. The highest BCUT2D eigenvalue weighted by Crippen LogP contribution is 2.47. The molecule has 0 atom stereocenters. The monoisotopic (exact) mass is 640 g/mol. The summed E-state index contributed by atoms with van der Waals surface area (Å²) in [5, 5.41) is 0.830. The van der Waals surface area contributed by atoms with E-state index in [4.69, 9.17) is 4.42 Å². The largest absolute Gasteiger partial charge is 0.454 e. The summed E-state index contributed by atoms with van der Waals surface area (Å²) >= 11 is 0. The van der Waals surface area contributed by atoms with Crippen LogP contribution in [0.5, 0.6) is 0 Å². The maximum Gasteiger partial charge on any atom is 0.261 e. The summed E-state index contributed by atoms with van der Waals surface area (Å²) in [4.78, 5) is 58.6. The van der Waals surface area contributed by atoms with Gasteiger partial charge in [-0.3, -0.25) is 29.0 Å². The lowest BCUT2D eigenvalue weighted by Crippen LogP contribution is -2.35. The minimum atomic E-state index is -0.517. The first-order valence-corrected chi connectivity index (χ1v) is 16.1. The van der Waals surface area contributed by atoms with Crippen molar-refractivity contribution in [3.8, 4) is 0 Å². The van der Waals surface area contributed by atoms with Crippen LogP contribution in [0.25, 0.3) is 16.7 Å². The van der Waals surface area contributed by atoms with Crippen LogP contribution in [0, 0.1) is 0 Å². The highest BCUT2D eigenvalue weighted by atomic mass is 16.3. The number of furan rings is 1. The molecule has 6 rings (SSSR count). The van der Waals surface area contributed by atoms with Gasteiger partial charge in [-0.1, -0.05) is 115 Å². The molecule has 4 aromatic rings. The van der Waals surface area contributed by atoms with Crippen LogP contribution in [0.15, 0.2) is 112 Å². The molecule has 0 unspecified atom stereocenters. The first-order chi connectivity index (χ1) is 22.6. The molecule has 0 radical (unpaired) electrons. The van der Waals surface area contributed by atoms with Crippen LogP contribution in [-0.4, -0.2) is 46.3 Å². The summed E-state index contributed by atoms with van der Waals surface area (Å²) in [6.07, 6.45) is 0. The highest BCUT2D eigenvalue weighted by molar-refractivity contribution is 6.27. The van der Waals surface area contributed by atoms with Gasteiger partial charge in [-0.05, 0) is 41.0 Å². The standard InChI is InChI=1S/C41H40N2O5/c1-24(2)35-33-34(39(47)42(35)22-30(44)25-15-11-9-12-16-25)36(43(38(33)46)23-31(45)26-17-13-10-14-18-26)32-20-27-19-28(40(3,4)5)21-29(37(27)48-32)41(6,7)8/h9-21H,1,22-23H2,2-8H3. The third-order valence-corrected chi connectivity index (χ3v) is 8.90. The second-order valence-electron chi connectivity index (χ2n) is 14.6. The molecule has 1 aromatic heterocycles. The zero-order valence-electron chi connectivity index (χ0n) is 28.6. The van der Waals surface area contributed by atoms with Gasteiger partial charge < -0.3 is 4.42 Å². The first-order valence-electron chi connectivity index (χ1n) is 16.1. The molecule has 3 heterocycles. The third kappa shape index (κ3) is 5.63. The van der Waals surface area contributed by atoms with Gasteiger partial charge in [-0.2, -0.15) is 0 Å². The number of carbonyl (C=O) groups is 4. The van der Waals surface area contributed by atoms with E-state index in [0.717, 1.165) is 16.5 Å². The van der Waals surface area contributed by atoms with Crippen LogP contribution in [0.3, 0.4) is 0 Å². The maximum absolute atomic E-state index is 14.5. The van der Waals surface area contributed by atoms with Crippen LogP contribution >= 0.6 is 0 Å². The smallest absolute Gasteiger partial charge is 0.261 e. The lowest BCUT2D eigenvalue weighted by Gasteiger charge is -2.25. The summed E-state index contributed by atoms with van der Waals surface area (Å²) < 4.78 is 6.64. The van der Waals surface area contributed by atoms with Crippen LogP contribution in [0.2, 0.25) is 0 Å². The summed E-state index contributed by atoms with van der Waals surface area (Å²) in [5.74, 6) is -1.30. The van der Waals surface area contributed by atoms with E-state index in [2.05, 4.69) is 60.3 Å². The number of nitrogens with zero attached hydrogens (tertiary/aromatic N) is 2. The number of amides is 2. The predicted octanol–water partition coefficient (Wildman–Crippen LogP) is 8.02. The van der Waals surface area contributed by atoms with E-state index in [1.54, 1.807) is 55.5 Å². The molecular weight excluding hydrogens is 600 g/mol. The van der Waals surface area contributed by atoms with E-state index in [1.165, 1.54) is 9.80 Å². The summed E-state index contributed by atoms with van der Waals surface area (Å²) in [6.45, 7) is 18.0. The van der Waals surface area contributed by atoms with E-state index in [-0.39, 0.29) is 58.0 Å². The number of Topliss-reactive ketones (excluding diaryl/α,β-unsaturated/α-hetero) is 2. The number of hydrogen-bond donors (Lipinski definition) is 0. The molecule has 48 heavy (non-hydrogen) atoms. The van der Waals surface area contributed by atoms with Crippen molar-refractivity contribution >= 4 is 40.0 Å². The van der Waals surface area contributed by atoms with Crippen molar-refractivity contribution in [2.45, 2.75) is 59.3 Å². The third-order valence-electron chi connectivity index (χ3n) is 8.90. The Labute approximate surface area is 281 Å². The Morgan fingerprint density at radius 3 is 1.73 bits per heavy atom. The average molecular weight is 641 g/mol. The SMILES string of the molecule is C=C(C)C1=C2C(=O)N(CC(=O)c3ccccc3)C(c3cc4cc(C(C)(C)C)cc(C(C)(C)C)c4o3)=C2C(=O)N1CC(=O)c1ccccc1. The average Bonchev–Trinajstić information content (AvgIpc) is 3.67. The van der Waals surface area contributed by atoms with Gasteiger partial charge in [0.15, 0.2) is 17.3 Å². The van der Waals surface area contributed by atoms with Gasteiger partial charge in [0.1, 0.15) is 11.3 Å². The Morgan fingerprint density at radius 2 is 1.23 bits per heavy atom. The van der Waals surface area contributed by atoms with Crippen molar-refractivity contribution < 1.29 is 23.6 Å². The fraction of sp³-hybridized carbons (Fsp3) is 0.268. The summed E-state index contributed by atoms with van der Waals surface area (Å²) in [5.41, 5.74) is 4.39. The molecule has 0 saturated carbocycles. The molecule has 0 saturated heterocycles. The molecule has 3 aromatic carbocycles. The van der Waals surface area contributed by atoms with Crippen LogP contribution in [-0.2, 0) is 20.4 Å². The Hall–Kier alpha value is -5.30. The number of carbonyl (C=O) groups excluding carboxylic acids is 4. The second kappa shape index (κ2) is 11.7. The maximum atomic E-state index is 14.5. The molecular formula is C41H40N2O5. The topological polar surface area (TPSA) is 87.9 Å². The number of rotatable bonds is 8. The minimum absolute atomic E-state index is 0.104. The molecule has 0 aliphatic carbocycles. The van der Waals surface area contributed by atoms with Crippen LogP contribution < -0.4 is 0 Å². The Morgan fingerprint density at radius 1 is 0.708 bits per heavy atom. The van der Waals surface area contributed by atoms with Gasteiger partial charge in [0, 0.05) is 22.1 Å². The van der Waals surface area contributed by atoms with Crippen molar-refractivity contribution in [1.82, 2.24) is 9.80 Å². The molecule has 2 aliphatic rings. The zero-order chi connectivity index (χ0) is 34.7. The Kier molecular flexibility index (Phi) is 7.98. The van der Waals surface area contributed by atoms with Crippen molar-refractivity contribution in [2.75, 3.05) is 13.1 Å². The number of allylic oxidation sites excluding steroid dienone is 1. The van der Waals surface area contributed by atoms with Crippen molar-refractivity contribution in [2.24, 2.45) is 0 Å². The first kappa shape index (κ1) is 32.6. The molecule has 2 amide bonds. The lowest BCUT2D eigenvalue weighted by molar-refractivity contribution is -0.124. The normalized spacial score (nSPS) is 15.2. The molecule has 0 N–H and O–H groups in total. The van der Waals surface area contributed by atoms with E-state index in [9.17, 15) is 19.2 Å². The molecule has 7 heteroatoms. The number of fused-ring (bicyclic) bond motifs is 2. The van der Waals surface area contributed by atoms with Crippen LogP contribution in [0.4, 0.5) is 0 Å². The highest BCUT2D eigenvalue weighted by Gasteiger charge is 2.50. The quantitative estimate of drug-likeness (QED) is 0.182. The van der Waals surface area contributed by atoms with Gasteiger partial charge >= 0.3 is 0 Å². The van der Waals surface area contributed by atoms with E-state index in [1.807, 2.05) is 18.2 Å². The second-order valence-corrected chi connectivity index (χ2v) is 14.6. The molecule has 2 aliphatic heterocycles.